The number of hydrogen-bond donors (Lipinski definition) is 1. The molecule has 0 aliphatic carbocycles. The van der Waals surface area contributed by atoms with E-state index in [-0.39, 0.29) is 17.9 Å². The number of hydrogen-bond acceptors (Lipinski definition) is 4. The number of piperidine rings is 2. The van der Waals surface area contributed by atoms with Gasteiger partial charge in [-0.2, -0.15) is 5.10 Å². The zero-order valence-corrected chi connectivity index (χ0v) is 16.0. The summed E-state index contributed by atoms with van der Waals surface area (Å²) in [6.45, 7) is 9.01. The monoisotopic (exact) mass is 361 g/mol. The number of primary amides is 1. The Hall–Kier alpha value is -1.89. The number of aromatic nitrogens is 2. The van der Waals surface area contributed by atoms with Gasteiger partial charge in [-0.05, 0) is 51.1 Å². The van der Waals surface area contributed by atoms with E-state index in [1.165, 1.54) is 11.3 Å². The van der Waals surface area contributed by atoms with Crippen molar-refractivity contribution in [3.05, 3.63) is 17.5 Å². The number of rotatable bonds is 6. The number of amides is 2. The van der Waals surface area contributed by atoms with E-state index in [2.05, 4.69) is 28.5 Å². The normalized spacial score (nSPS) is 20.7. The highest BCUT2D eigenvalue weighted by Gasteiger charge is 2.41. The second kappa shape index (κ2) is 7.78. The smallest absolute Gasteiger partial charge is 0.237 e. The second-order valence-corrected chi connectivity index (χ2v) is 7.97. The van der Waals surface area contributed by atoms with Crippen LogP contribution in [0.5, 0.6) is 0 Å². The molecule has 26 heavy (non-hydrogen) atoms. The van der Waals surface area contributed by atoms with Crippen LogP contribution in [0.2, 0.25) is 0 Å². The maximum atomic E-state index is 12.1. The van der Waals surface area contributed by atoms with Gasteiger partial charge in [-0.3, -0.25) is 19.2 Å². The van der Waals surface area contributed by atoms with Crippen molar-refractivity contribution < 1.29 is 9.59 Å². The van der Waals surface area contributed by atoms with Crippen LogP contribution in [0.25, 0.3) is 0 Å². The van der Waals surface area contributed by atoms with Gasteiger partial charge in [0.1, 0.15) is 0 Å². The third-order valence-electron chi connectivity index (χ3n) is 6.05. The SMILES string of the molecule is CCCn1ncc(CN2CCC3(CCC(=O)N(CC(N)=O)C3)CC2)c1C. The van der Waals surface area contributed by atoms with Gasteiger partial charge in [0.15, 0.2) is 0 Å². The van der Waals surface area contributed by atoms with Crippen LogP contribution in [0.4, 0.5) is 0 Å². The molecule has 1 aromatic rings. The van der Waals surface area contributed by atoms with E-state index in [1.54, 1.807) is 4.90 Å². The van der Waals surface area contributed by atoms with Gasteiger partial charge in [0.25, 0.3) is 0 Å². The maximum absolute atomic E-state index is 12.1. The van der Waals surface area contributed by atoms with E-state index >= 15 is 0 Å². The van der Waals surface area contributed by atoms with Crippen LogP contribution in [-0.4, -0.2) is 57.6 Å². The summed E-state index contributed by atoms with van der Waals surface area (Å²) in [5.74, 6) is -0.358. The number of aryl methyl sites for hydroxylation is 1. The molecule has 1 spiro atoms. The first-order valence-corrected chi connectivity index (χ1v) is 9.72. The van der Waals surface area contributed by atoms with Gasteiger partial charge >= 0.3 is 0 Å². The molecule has 7 heteroatoms. The molecule has 2 fully saturated rings. The van der Waals surface area contributed by atoms with Gasteiger partial charge in [0.2, 0.25) is 11.8 Å². The fourth-order valence-corrected chi connectivity index (χ4v) is 4.35. The minimum atomic E-state index is -0.424. The fourth-order valence-electron chi connectivity index (χ4n) is 4.35. The summed E-state index contributed by atoms with van der Waals surface area (Å²) in [5, 5.41) is 4.50. The first-order valence-electron chi connectivity index (χ1n) is 9.72. The van der Waals surface area contributed by atoms with Gasteiger partial charge in [-0.25, -0.2) is 0 Å². The number of carbonyl (C=O) groups excluding carboxylic acids is 2. The zero-order chi connectivity index (χ0) is 18.7. The Morgan fingerprint density at radius 2 is 2.04 bits per heavy atom. The summed E-state index contributed by atoms with van der Waals surface area (Å²) >= 11 is 0. The van der Waals surface area contributed by atoms with Gasteiger partial charge in [-0.15, -0.1) is 0 Å². The minimum absolute atomic E-state index is 0.0557. The summed E-state index contributed by atoms with van der Waals surface area (Å²) in [4.78, 5) is 27.4. The summed E-state index contributed by atoms with van der Waals surface area (Å²) in [5.41, 5.74) is 8.03. The third-order valence-corrected chi connectivity index (χ3v) is 6.05. The van der Waals surface area contributed by atoms with Crippen molar-refractivity contribution in [2.75, 3.05) is 26.2 Å². The van der Waals surface area contributed by atoms with Crippen LogP contribution in [0.15, 0.2) is 6.20 Å². The lowest BCUT2D eigenvalue weighted by atomic mass is 9.72. The summed E-state index contributed by atoms with van der Waals surface area (Å²) < 4.78 is 2.09. The van der Waals surface area contributed by atoms with Crippen molar-refractivity contribution in [3.63, 3.8) is 0 Å². The van der Waals surface area contributed by atoms with Crippen molar-refractivity contribution in [3.8, 4) is 0 Å². The zero-order valence-electron chi connectivity index (χ0n) is 16.0. The summed E-state index contributed by atoms with van der Waals surface area (Å²) in [6.07, 6.45) is 6.70. The Labute approximate surface area is 155 Å². The molecule has 0 radical (unpaired) electrons. The van der Waals surface area contributed by atoms with Crippen molar-refractivity contribution in [1.82, 2.24) is 19.6 Å². The lowest BCUT2D eigenvalue weighted by molar-refractivity contribution is -0.142. The van der Waals surface area contributed by atoms with E-state index in [1.807, 2.05) is 6.20 Å². The molecule has 0 unspecified atom stereocenters. The highest BCUT2D eigenvalue weighted by molar-refractivity contribution is 5.84. The molecular weight excluding hydrogens is 330 g/mol. The molecule has 2 saturated heterocycles. The van der Waals surface area contributed by atoms with Gasteiger partial charge in [0.05, 0.1) is 12.7 Å². The molecule has 144 valence electrons. The Kier molecular flexibility index (Phi) is 5.65. The van der Waals surface area contributed by atoms with E-state index in [0.717, 1.165) is 51.9 Å². The molecule has 2 aliphatic heterocycles. The number of carbonyl (C=O) groups is 2. The van der Waals surface area contributed by atoms with E-state index in [9.17, 15) is 9.59 Å². The topological polar surface area (TPSA) is 84.5 Å². The molecule has 1 aromatic heterocycles. The molecule has 0 bridgehead atoms. The summed E-state index contributed by atoms with van der Waals surface area (Å²) in [6, 6.07) is 0. The molecule has 0 aromatic carbocycles. The van der Waals surface area contributed by atoms with Gasteiger partial charge < -0.3 is 10.6 Å². The molecule has 3 rings (SSSR count). The van der Waals surface area contributed by atoms with E-state index in [0.29, 0.717) is 13.0 Å². The highest BCUT2D eigenvalue weighted by atomic mass is 16.2. The second-order valence-electron chi connectivity index (χ2n) is 7.97. The molecule has 7 nitrogen and oxygen atoms in total. The van der Waals surface area contributed by atoms with Crippen LogP contribution in [0.1, 0.15) is 50.3 Å². The Bertz CT molecular complexity index is 661. The van der Waals surface area contributed by atoms with E-state index in [4.69, 9.17) is 5.73 Å². The number of nitrogens with two attached hydrogens (primary N) is 1. The molecule has 2 N–H and O–H groups in total. The Balaban J connectivity index is 1.57. The van der Waals surface area contributed by atoms with Crippen LogP contribution in [0, 0.1) is 12.3 Å². The highest BCUT2D eigenvalue weighted by Crippen LogP contribution is 2.40. The van der Waals surface area contributed by atoms with Crippen molar-refractivity contribution in [2.45, 2.75) is 59.0 Å². The Morgan fingerprint density at radius 3 is 2.69 bits per heavy atom. The quantitative estimate of drug-likeness (QED) is 0.827. The fraction of sp³-hybridized carbons (Fsp3) is 0.737. The van der Waals surface area contributed by atoms with Crippen LogP contribution in [-0.2, 0) is 22.7 Å². The lowest BCUT2D eigenvalue weighted by Crippen LogP contribution is -2.53. The first kappa shape index (κ1) is 18.9. The van der Waals surface area contributed by atoms with Crippen LogP contribution in [0.3, 0.4) is 0 Å². The molecule has 0 atom stereocenters. The largest absolute Gasteiger partial charge is 0.368 e. The maximum Gasteiger partial charge on any atom is 0.237 e. The molecular formula is C19H31N5O2. The average Bonchev–Trinajstić information content (AvgIpc) is 2.94. The molecule has 0 saturated carbocycles. The summed E-state index contributed by atoms with van der Waals surface area (Å²) in [7, 11) is 0. The number of nitrogens with zero attached hydrogens (tertiary/aromatic N) is 4. The van der Waals surface area contributed by atoms with Crippen molar-refractivity contribution >= 4 is 11.8 Å². The van der Waals surface area contributed by atoms with E-state index < -0.39 is 5.91 Å². The minimum Gasteiger partial charge on any atom is -0.368 e. The average molecular weight is 361 g/mol. The molecule has 2 amide bonds. The predicted molar refractivity (Wildman–Crippen MR) is 99.2 cm³/mol. The molecule has 3 heterocycles. The first-order chi connectivity index (χ1) is 12.4. The van der Waals surface area contributed by atoms with Crippen molar-refractivity contribution in [2.24, 2.45) is 11.1 Å². The lowest BCUT2D eigenvalue weighted by Gasteiger charge is -2.47. The van der Waals surface area contributed by atoms with Gasteiger partial charge in [-0.1, -0.05) is 6.92 Å². The predicted octanol–water partition coefficient (Wildman–Crippen LogP) is 1.29. The number of likely N-dealkylation sites (tertiary alicyclic amines) is 2. The van der Waals surface area contributed by atoms with Gasteiger partial charge in [0, 0.05) is 37.3 Å². The molecule has 2 aliphatic rings. The van der Waals surface area contributed by atoms with Crippen molar-refractivity contribution in [1.29, 1.82) is 0 Å². The van der Waals surface area contributed by atoms with Crippen LogP contribution >= 0.6 is 0 Å². The Morgan fingerprint density at radius 1 is 1.31 bits per heavy atom. The van der Waals surface area contributed by atoms with Crippen LogP contribution < -0.4 is 5.73 Å². The third kappa shape index (κ3) is 4.09. The standard InChI is InChI=1S/C19H31N5O2/c1-3-8-24-15(2)16(11-21-24)12-22-9-6-19(7-10-22)5-4-18(26)23(14-19)13-17(20)25/h11H,3-10,12-14H2,1-2H3,(H2,20,25).